The molecule has 0 fully saturated rings. The van der Waals surface area contributed by atoms with E-state index in [1.165, 1.54) is 42.5 Å². The highest BCUT2D eigenvalue weighted by molar-refractivity contribution is 6.54. The molecule has 2 aromatic carbocycles. The van der Waals surface area contributed by atoms with Crippen molar-refractivity contribution in [2.75, 3.05) is 10.2 Å². The minimum atomic E-state index is -1.13. The van der Waals surface area contributed by atoms with Crippen LogP contribution in [-0.2, 0) is 9.59 Å². The average molecular weight is 412 g/mol. The number of halogens is 3. The van der Waals surface area contributed by atoms with E-state index in [2.05, 4.69) is 5.32 Å². The number of imide groups is 1. The van der Waals surface area contributed by atoms with Crippen LogP contribution in [0.4, 0.5) is 11.4 Å². The molecule has 2 amide bonds. The summed E-state index contributed by atoms with van der Waals surface area (Å²) in [5, 5.41) is 11.8. The molecular weight excluding hydrogens is 403 g/mol. The van der Waals surface area contributed by atoms with Gasteiger partial charge in [-0.05, 0) is 36.4 Å². The van der Waals surface area contributed by atoms with Crippen LogP contribution in [0.3, 0.4) is 0 Å². The van der Waals surface area contributed by atoms with E-state index >= 15 is 0 Å². The van der Waals surface area contributed by atoms with E-state index in [9.17, 15) is 14.4 Å². The molecule has 0 radical (unpaired) electrons. The summed E-state index contributed by atoms with van der Waals surface area (Å²) in [6.07, 6.45) is 0. The van der Waals surface area contributed by atoms with Gasteiger partial charge in [0, 0.05) is 10.7 Å². The van der Waals surface area contributed by atoms with Crippen LogP contribution in [0.1, 0.15) is 10.4 Å². The fraction of sp³-hybridized carbons (Fsp3) is 0. The van der Waals surface area contributed by atoms with E-state index in [1.807, 2.05) is 0 Å². The lowest BCUT2D eigenvalue weighted by Crippen LogP contribution is -2.32. The lowest BCUT2D eigenvalue weighted by atomic mass is 10.2. The van der Waals surface area contributed by atoms with E-state index in [0.29, 0.717) is 5.69 Å². The number of carboxylic acids is 1. The van der Waals surface area contributed by atoms with Crippen molar-refractivity contribution in [1.29, 1.82) is 0 Å². The first-order chi connectivity index (χ1) is 12.3. The lowest BCUT2D eigenvalue weighted by molar-refractivity contribution is -0.120. The van der Waals surface area contributed by atoms with E-state index in [4.69, 9.17) is 39.9 Å². The van der Waals surface area contributed by atoms with Gasteiger partial charge in [-0.1, -0.05) is 40.9 Å². The zero-order chi connectivity index (χ0) is 19.0. The summed E-state index contributed by atoms with van der Waals surface area (Å²) >= 11 is 18.0. The van der Waals surface area contributed by atoms with Crippen molar-refractivity contribution in [3.05, 3.63) is 68.8 Å². The van der Waals surface area contributed by atoms with Crippen molar-refractivity contribution in [1.82, 2.24) is 0 Å². The van der Waals surface area contributed by atoms with Crippen LogP contribution in [0, 0.1) is 0 Å². The van der Waals surface area contributed by atoms with Gasteiger partial charge in [-0.2, -0.15) is 0 Å². The second-order valence-electron chi connectivity index (χ2n) is 5.24. The molecule has 0 saturated carbocycles. The molecule has 0 aliphatic carbocycles. The van der Waals surface area contributed by atoms with Crippen LogP contribution in [0.25, 0.3) is 0 Å². The van der Waals surface area contributed by atoms with Crippen molar-refractivity contribution in [3.63, 3.8) is 0 Å². The summed E-state index contributed by atoms with van der Waals surface area (Å²) in [4.78, 5) is 37.0. The quantitative estimate of drug-likeness (QED) is 0.739. The summed E-state index contributed by atoms with van der Waals surface area (Å²) in [7, 11) is 0. The molecule has 26 heavy (non-hydrogen) atoms. The third kappa shape index (κ3) is 3.26. The van der Waals surface area contributed by atoms with Gasteiger partial charge in [0.15, 0.2) is 0 Å². The molecule has 1 heterocycles. The summed E-state index contributed by atoms with van der Waals surface area (Å²) in [6, 6.07) is 10.1. The minimum Gasteiger partial charge on any atom is -0.478 e. The largest absolute Gasteiger partial charge is 0.478 e. The minimum absolute atomic E-state index is 0.0123. The van der Waals surface area contributed by atoms with Gasteiger partial charge in [-0.3, -0.25) is 9.59 Å². The number of amides is 2. The first kappa shape index (κ1) is 18.3. The Bertz CT molecular complexity index is 988. The molecule has 0 unspecified atom stereocenters. The Morgan fingerprint density at radius 1 is 1.00 bits per heavy atom. The van der Waals surface area contributed by atoms with E-state index in [0.717, 1.165) is 4.90 Å². The van der Waals surface area contributed by atoms with Crippen LogP contribution in [0.2, 0.25) is 10.0 Å². The number of aromatic carboxylic acids is 1. The summed E-state index contributed by atoms with van der Waals surface area (Å²) in [6.45, 7) is 0. The first-order valence-corrected chi connectivity index (χ1v) is 8.27. The molecule has 0 spiro atoms. The molecule has 0 bridgehead atoms. The van der Waals surface area contributed by atoms with Crippen molar-refractivity contribution < 1.29 is 19.5 Å². The van der Waals surface area contributed by atoms with Crippen molar-refractivity contribution >= 4 is 64.0 Å². The third-order valence-corrected chi connectivity index (χ3v) is 4.46. The highest BCUT2D eigenvalue weighted by Crippen LogP contribution is 2.35. The van der Waals surface area contributed by atoms with E-state index < -0.39 is 17.8 Å². The van der Waals surface area contributed by atoms with Crippen LogP contribution >= 0.6 is 34.8 Å². The summed E-state index contributed by atoms with van der Waals surface area (Å²) < 4.78 is 0. The fourth-order valence-electron chi connectivity index (χ4n) is 2.36. The zero-order valence-electron chi connectivity index (χ0n) is 12.8. The number of carboxylic acid groups (broad SMARTS) is 1. The number of carbonyl (C=O) groups excluding carboxylic acids is 2. The van der Waals surface area contributed by atoms with Gasteiger partial charge < -0.3 is 10.4 Å². The number of hydrogen-bond donors (Lipinski definition) is 2. The molecule has 9 heteroatoms. The van der Waals surface area contributed by atoms with E-state index in [-0.39, 0.29) is 32.0 Å². The second-order valence-corrected chi connectivity index (χ2v) is 6.46. The molecule has 6 nitrogen and oxygen atoms in total. The monoisotopic (exact) mass is 410 g/mol. The topological polar surface area (TPSA) is 86.7 Å². The van der Waals surface area contributed by atoms with Crippen molar-refractivity contribution in [3.8, 4) is 0 Å². The highest BCUT2D eigenvalue weighted by Gasteiger charge is 2.40. The predicted molar refractivity (Wildman–Crippen MR) is 98.9 cm³/mol. The fourth-order valence-corrected chi connectivity index (χ4v) is 2.94. The Morgan fingerprint density at radius 2 is 1.73 bits per heavy atom. The smallest absolute Gasteiger partial charge is 0.335 e. The Labute approximate surface area is 162 Å². The SMILES string of the molecule is O=C(O)c1cccc(NC2=C(Cl)C(=O)N(c3cc(Cl)ccc3Cl)C2=O)c1. The van der Waals surface area contributed by atoms with Crippen LogP contribution in [0.5, 0.6) is 0 Å². The number of hydrogen-bond acceptors (Lipinski definition) is 4. The molecule has 132 valence electrons. The van der Waals surface area contributed by atoms with Crippen molar-refractivity contribution in [2.45, 2.75) is 0 Å². The second kappa shape index (κ2) is 6.99. The standard InChI is InChI=1S/C17H9Cl3N2O4/c18-9-4-5-11(19)12(7-9)22-15(23)13(20)14(16(22)24)21-10-3-1-2-8(6-10)17(25)26/h1-7,21H,(H,25,26). The zero-order valence-corrected chi connectivity index (χ0v) is 15.1. The Balaban J connectivity index is 1.96. The maximum Gasteiger partial charge on any atom is 0.335 e. The molecule has 1 aliphatic heterocycles. The maximum atomic E-state index is 12.7. The third-order valence-electron chi connectivity index (χ3n) is 3.56. The Morgan fingerprint density at radius 3 is 2.42 bits per heavy atom. The normalized spacial score (nSPS) is 14.2. The summed E-state index contributed by atoms with van der Waals surface area (Å²) in [5.74, 6) is -2.63. The molecule has 0 aromatic heterocycles. The van der Waals surface area contributed by atoms with Gasteiger partial charge in [0.25, 0.3) is 11.8 Å². The number of anilines is 2. The van der Waals surface area contributed by atoms with Gasteiger partial charge >= 0.3 is 5.97 Å². The molecule has 2 N–H and O–H groups in total. The molecule has 2 aromatic rings. The van der Waals surface area contributed by atoms with Gasteiger partial charge in [-0.15, -0.1) is 0 Å². The number of nitrogens with zero attached hydrogens (tertiary/aromatic N) is 1. The van der Waals surface area contributed by atoms with Crippen LogP contribution in [0.15, 0.2) is 53.2 Å². The number of nitrogens with one attached hydrogen (secondary N) is 1. The molecule has 0 saturated heterocycles. The first-order valence-electron chi connectivity index (χ1n) is 7.13. The van der Waals surface area contributed by atoms with Crippen LogP contribution in [-0.4, -0.2) is 22.9 Å². The molecule has 3 rings (SSSR count). The average Bonchev–Trinajstić information content (AvgIpc) is 2.81. The van der Waals surface area contributed by atoms with Gasteiger partial charge in [0.1, 0.15) is 10.7 Å². The van der Waals surface area contributed by atoms with E-state index in [1.54, 1.807) is 0 Å². The molecule has 1 aliphatic rings. The Kier molecular flexibility index (Phi) is 4.91. The Hall–Kier alpha value is -2.54. The van der Waals surface area contributed by atoms with Gasteiger partial charge in [-0.25, -0.2) is 9.69 Å². The van der Waals surface area contributed by atoms with Crippen LogP contribution < -0.4 is 10.2 Å². The van der Waals surface area contributed by atoms with Crippen molar-refractivity contribution in [2.24, 2.45) is 0 Å². The van der Waals surface area contributed by atoms with Gasteiger partial charge in [0.2, 0.25) is 0 Å². The number of benzene rings is 2. The highest BCUT2D eigenvalue weighted by atomic mass is 35.5. The number of rotatable bonds is 4. The maximum absolute atomic E-state index is 12.7. The summed E-state index contributed by atoms with van der Waals surface area (Å²) in [5.41, 5.74) is 0.218. The lowest BCUT2D eigenvalue weighted by Gasteiger charge is -2.17. The molecular formula is C17H9Cl3N2O4. The van der Waals surface area contributed by atoms with Gasteiger partial charge in [0.05, 0.1) is 16.3 Å². The molecule has 0 atom stereocenters. The number of carbonyl (C=O) groups is 3. The predicted octanol–water partition coefficient (Wildman–Crippen LogP) is 4.13.